The minimum Gasteiger partial charge on any atom is -0.464 e. The van der Waals surface area contributed by atoms with E-state index in [0.717, 1.165) is 38.7 Å². The lowest BCUT2D eigenvalue weighted by atomic mass is 10.0. The van der Waals surface area contributed by atoms with Gasteiger partial charge < -0.3 is 8.98 Å². The number of rotatable bonds is 2. The molecule has 7 rings (SSSR count). The summed E-state index contributed by atoms with van der Waals surface area (Å²) >= 11 is 0. The highest BCUT2D eigenvalue weighted by molar-refractivity contribution is 6.13. The zero-order valence-electron chi connectivity index (χ0n) is 17.2. The van der Waals surface area contributed by atoms with Crippen LogP contribution in [0.4, 0.5) is 0 Å². The second-order valence-electron chi connectivity index (χ2n) is 8.14. The molecule has 3 nitrogen and oxygen atoms in total. The Morgan fingerprint density at radius 3 is 2.34 bits per heavy atom. The SMILES string of the molecule is c1ccc2c(-c3ccc(-n4c5ccccc5c5cc6ccoc6cc54)cc3)cncc2c1. The van der Waals surface area contributed by atoms with Crippen LogP contribution in [-0.4, -0.2) is 9.55 Å². The Hall–Kier alpha value is -4.37. The van der Waals surface area contributed by atoms with Crippen LogP contribution in [0.5, 0.6) is 0 Å². The molecule has 150 valence electrons. The van der Waals surface area contributed by atoms with Gasteiger partial charge in [0.1, 0.15) is 5.58 Å². The van der Waals surface area contributed by atoms with E-state index in [4.69, 9.17) is 4.42 Å². The van der Waals surface area contributed by atoms with Crippen LogP contribution < -0.4 is 0 Å². The Labute approximate surface area is 184 Å². The Morgan fingerprint density at radius 2 is 1.44 bits per heavy atom. The van der Waals surface area contributed by atoms with Crippen molar-refractivity contribution in [2.24, 2.45) is 0 Å². The van der Waals surface area contributed by atoms with Gasteiger partial charge in [-0.05, 0) is 41.3 Å². The number of hydrogen-bond donors (Lipinski definition) is 0. The van der Waals surface area contributed by atoms with E-state index in [1.54, 1.807) is 6.26 Å². The molecule has 0 spiro atoms. The van der Waals surface area contributed by atoms with Crippen molar-refractivity contribution in [3.8, 4) is 16.8 Å². The summed E-state index contributed by atoms with van der Waals surface area (Å²) in [5.74, 6) is 0. The summed E-state index contributed by atoms with van der Waals surface area (Å²) in [7, 11) is 0. The predicted octanol–water partition coefficient (Wildman–Crippen LogP) is 7.75. The van der Waals surface area contributed by atoms with Crippen molar-refractivity contribution in [3.63, 3.8) is 0 Å². The normalized spacial score (nSPS) is 11.8. The fourth-order valence-corrected chi connectivity index (χ4v) is 4.84. The number of pyridine rings is 1. The topological polar surface area (TPSA) is 31.0 Å². The lowest BCUT2D eigenvalue weighted by Crippen LogP contribution is -1.94. The Kier molecular flexibility index (Phi) is 3.55. The van der Waals surface area contributed by atoms with Gasteiger partial charge in [0.05, 0.1) is 17.3 Å². The molecule has 0 bridgehead atoms. The molecule has 0 aliphatic heterocycles. The van der Waals surface area contributed by atoms with Gasteiger partial charge in [0.25, 0.3) is 0 Å². The minimum absolute atomic E-state index is 0.903. The van der Waals surface area contributed by atoms with Gasteiger partial charge in [0.2, 0.25) is 0 Å². The van der Waals surface area contributed by atoms with Crippen molar-refractivity contribution in [1.29, 1.82) is 0 Å². The fourth-order valence-electron chi connectivity index (χ4n) is 4.84. The molecule has 4 aromatic carbocycles. The molecular weight excluding hydrogens is 392 g/mol. The standard InChI is InChI=1S/C29H18N2O/c1-2-6-23-21(5-1)17-30-18-26(23)19-9-11-22(12-10-19)31-27-8-4-3-7-24(27)25-15-20-13-14-32-29(20)16-28(25)31/h1-18H. The van der Waals surface area contributed by atoms with Gasteiger partial charge in [-0.3, -0.25) is 4.98 Å². The van der Waals surface area contributed by atoms with Gasteiger partial charge in [-0.25, -0.2) is 0 Å². The molecule has 3 heterocycles. The number of para-hydroxylation sites is 1. The van der Waals surface area contributed by atoms with Crippen LogP contribution in [0, 0.1) is 0 Å². The number of hydrogen-bond acceptors (Lipinski definition) is 2. The summed E-state index contributed by atoms with van der Waals surface area (Å²) in [5, 5.41) is 5.97. The number of furan rings is 1. The van der Waals surface area contributed by atoms with Crippen molar-refractivity contribution >= 4 is 43.5 Å². The van der Waals surface area contributed by atoms with E-state index < -0.39 is 0 Å². The van der Waals surface area contributed by atoms with Gasteiger partial charge in [-0.1, -0.05) is 54.6 Å². The van der Waals surface area contributed by atoms with E-state index in [1.807, 2.05) is 18.5 Å². The summed E-state index contributed by atoms with van der Waals surface area (Å²) in [6.45, 7) is 0. The Bertz CT molecular complexity index is 1770. The van der Waals surface area contributed by atoms with Crippen molar-refractivity contribution in [3.05, 3.63) is 110 Å². The van der Waals surface area contributed by atoms with Gasteiger partial charge in [-0.15, -0.1) is 0 Å². The Balaban J connectivity index is 1.46. The second kappa shape index (κ2) is 6.56. The Morgan fingerprint density at radius 1 is 0.625 bits per heavy atom. The first-order valence-corrected chi connectivity index (χ1v) is 10.7. The van der Waals surface area contributed by atoms with E-state index in [9.17, 15) is 0 Å². The second-order valence-corrected chi connectivity index (χ2v) is 8.14. The molecule has 0 N–H and O–H groups in total. The highest BCUT2D eigenvalue weighted by atomic mass is 16.3. The zero-order valence-corrected chi connectivity index (χ0v) is 17.2. The molecule has 0 fully saturated rings. The molecule has 0 radical (unpaired) electrons. The summed E-state index contributed by atoms with van der Waals surface area (Å²) in [6, 6.07) is 32.1. The maximum atomic E-state index is 5.71. The summed E-state index contributed by atoms with van der Waals surface area (Å²) in [5.41, 5.74) is 6.67. The maximum absolute atomic E-state index is 5.71. The maximum Gasteiger partial charge on any atom is 0.135 e. The molecule has 0 aliphatic rings. The predicted molar refractivity (Wildman–Crippen MR) is 131 cm³/mol. The third-order valence-electron chi connectivity index (χ3n) is 6.35. The van der Waals surface area contributed by atoms with Crippen LogP contribution in [-0.2, 0) is 0 Å². The van der Waals surface area contributed by atoms with Crippen molar-refractivity contribution < 1.29 is 4.42 Å². The fraction of sp³-hybridized carbons (Fsp3) is 0. The molecule has 32 heavy (non-hydrogen) atoms. The van der Waals surface area contributed by atoms with Crippen LogP contribution in [0.25, 0.3) is 60.4 Å². The molecule has 0 amide bonds. The van der Waals surface area contributed by atoms with Gasteiger partial charge in [-0.2, -0.15) is 0 Å². The average Bonchev–Trinajstić information content (AvgIpc) is 3.44. The molecule has 0 saturated heterocycles. The molecule has 7 aromatic rings. The van der Waals surface area contributed by atoms with Crippen LogP contribution in [0.2, 0.25) is 0 Å². The van der Waals surface area contributed by atoms with E-state index >= 15 is 0 Å². The lowest BCUT2D eigenvalue weighted by Gasteiger charge is -2.10. The number of nitrogens with zero attached hydrogens (tertiary/aromatic N) is 2. The molecule has 0 saturated carbocycles. The molecule has 3 aromatic heterocycles. The van der Waals surface area contributed by atoms with Gasteiger partial charge >= 0.3 is 0 Å². The van der Waals surface area contributed by atoms with E-state index in [-0.39, 0.29) is 0 Å². The monoisotopic (exact) mass is 410 g/mol. The highest BCUT2D eigenvalue weighted by Crippen LogP contribution is 2.36. The number of aromatic nitrogens is 2. The average molecular weight is 410 g/mol. The van der Waals surface area contributed by atoms with Crippen LogP contribution in [0.3, 0.4) is 0 Å². The largest absolute Gasteiger partial charge is 0.464 e. The van der Waals surface area contributed by atoms with Crippen molar-refractivity contribution in [2.75, 3.05) is 0 Å². The number of fused-ring (bicyclic) bond motifs is 5. The van der Waals surface area contributed by atoms with Crippen molar-refractivity contribution in [2.45, 2.75) is 0 Å². The van der Waals surface area contributed by atoms with Crippen LogP contribution in [0.15, 0.2) is 114 Å². The lowest BCUT2D eigenvalue weighted by molar-refractivity contribution is 0.616. The minimum atomic E-state index is 0.903. The summed E-state index contributed by atoms with van der Waals surface area (Å²) in [6.07, 6.45) is 5.62. The third kappa shape index (κ3) is 2.45. The molecule has 0 atom stereocenters. The van der Waals surface area contributed by atoms with Crippen LogP contribution in [0.1, 0.15) is 0 Å². The summed E-state index contributed by atoms with van der Waals surface area (Å²) < 4.78 is 8.03. The highest BCUT2D eigenvalue weighted by Gasteiger charge is 2.14. The molecule has 0 aliphatic carbocycles. The third-order valence-corrected chi connectivity index (χ3v) is 6.35. The quantitative estimate of drug-likeness (QED) is 0.292. The zero-order chi connectivity index (χ0) is 21.1. The van der Waals surface area contributed by atoms with Gasteiger partial charge in [0.15, 0.2) is 0 Å². The number of benzene rings is 4. The van der Waals surface area contributed by atoms with Crippen LogP contribution >= 0.6 is 0 Å². The van der Waals surface area contributed by atoms with E-state index in [2.05, 4.69) is 94.5 Å². The van der Waals surface area contributed by atoms with Gasteiger partial charge in [0, 0.05) is 51.3 Å². The molecular formula is C29H18N2O. The van der Waals surface area contributed by atoms with E-state index in [0.29, 0.717) is 0 Å². The van der Waals surface area contributed by atoms with E-state index in [1.165, 1.54) is 21.7 Å². The molecule has 3 heteroatoms. The first-order valence-electron chi connectivity index (χ1n) is 10.7. The first-order chi connectivity index (χ1) is 15.9. The first kappa shape index (κ1) is 17.3. The molecule has 0 unspecified atom stereocenters. The smallest absolute Gasteiger partial charge is 0.135 e. The van der Waals surface area contributed by atoms with Crippen molar-refractivity contribution in [1.82, 2.24) is 9.55 Å². The summed E-state index contributed by atoms with van der Waals surface area (Å²) in [4.78, 5) is 4.45.